The Morgan fingerprint density at radius 1 is 0.731 bits per heavy atom. The Labute approximate surface area is 154 Å². The molecule has 1 aliphatic heterocycles. The van der Waals surface area contributed by atoms with Crippen LogP contribution >= 0.6 is 0 Å². The lowest BCUT2D eigenvalue weighted by atomic mass is 9.74. The maximum Gasteiger partial charge on any atom is 0.313 e. The minimum absolute atomic E-state index is 0.0842. The fourth-order valence-corrected chi connectivity index (χ4v) is 3.91. The van der Waals surface area contributed by atoms with Crippen LogP contribution in [-0.2, 0) is 22.4 Å². The highest BCUT2D eigenvalue weighted by molar-refractivity contribution is 5.80. The Morgan fingerprint density at radius 2 is 1.19 bits per heavy atom. The number of hydrogen-bond donors (Lipinski definition) is 0. The second-order valence-electron chi connectivity index (χ2n) is 7.11. The molecule has 0 saturated carbocycles. The van der Waals surface area contributed by atoms with Gasteiger partial charge < -0.3 is 4.74 Å². The summed E-state index contributed by atoms with van der Waals surface area (Å²) in [6, 6.07) is 30.6. The quantitative estimate of drug-likeness (QED) is 0.600. The van der Waals surface area contributed by atoms with Crippen LogP contribution in [0.25, 0.3) is 0 Å². The van der Waals surface area contributed by atoms with Gasteiger partial charge in [0.1, 0.15) is 6.10 Å². The third-order valence-electron chi connectivity index (χ3n) is 5.20. The molecule has 0 spiro atoms. The number of benzene rings is 3. The molecule has 0 radical (unpaired) electrons. The largest absolute Gasteiger partial charge is 0.457 e. The molecular formula is C24H22O2. The zero-order valence-corrected chi connectivity index (χ0v) is 14.7. The highest BCUT2D eigenvalue weighted by atomic mass is 16.6. The van der Waals surface area contributed by atoms with Crippen molar-refractivity contribution in [2.24, 2.45) is 5.41 Å². The SMILES string of the molecule is O=C1OC(c2ccccc2)CC1(Cc1ccccc1)Cc1ccccc1. The van der Waals surface area contributed by atoms with Crippen LogP contribution < -0.4 is 0 Å². The van der Waals surface area contributed by atoms with Crippen LogP contribution in [0.2, 0.25) is 0 Å². The van der Waals surface area contributed by atoms with E-state index in [0.717, 1.165) is 5.56 Å². The Hall–Kier alpha value is -2.87. The van der Waals surface area contributed by atoms with E-state index < -0.39 is 5.41 Å². The van der Waals surface area contributed by atoms with Gasteiger partial charge in [0.2, 0.25) is 0 Å². The van der Waals surface area contributed by atoms with Crippen molar-refractivity contribution in [2.75, 3.05) is 0 Å². The van der Waals surface area contributed by atoms with Gasteiger partial charge in [0.05, 0.1) is 5.41 Å². The molecule has 0 aromatic heterocycles. The molecule has 3 aromatic carbocycles. The molecular weight excluding hydrogens is 320 g/mol. The lowest BCUT2D eigenvalue weighted by Crippen LogP contribution is -2.31. The van der Waals surface area contributed by atoms with Crippen molar-refractivity contribution < 1.29 is 9.53 Å². The molecule has 0 amide bonds. The molecule has 1 aliphatic rings. The molecule has 2 heteroatoms. The zero-order chi connectivity index (χ0) is 17.8. The number of cyclic esters (lactones) is 1. The molecule has 2 nitrogen and oxygen atoms in total. The molecule has 130 valence electrons. The molecule has 1 fully saturated rings. The molecule has 0 bridgehead atoms. The summed E-state index contributed by atoms with van der Waals surface area (Å²) in [6.07, 6.45) is 1.94. The van der Waals surface area contributed by atoms with E-state index in [1.54, 1.807) is 0 Å². The van der Waals surface area contributed by atoms with Crippen molar-refractivity contribution in [3.63, 3.8) is 0 Å². The predicted octanol–water partition coefficient (Wildman–Crippen LogP) is 5.15. The van der Waals surface area contributed by atoms with Crippen LogP contribution in [0, 0.1) is 5.41 Å². The van der Waals surface area contributed by atoms with E-state index in [-0.39, 0.29) is 12.1 Å². The van der Waals surface area contributed by atoms with Gasteiger partial charge in [-0.1, -0.05) is 91.0 Å². The second kappa shape index (κ2) is 7.17. The van der Waals surface area contributed by atoms with E-state index in [0.29, 0.717) is 19.3 Å². The van der Waals surface area contributed by atoms with Gasteiger partial charge in [-0.3, -0.25) is 4.79 Å². The highest BCUT2D eigenvalue weighted by Crippen LogP contribution is 2.46. The molecule has 0 N–H and O–H groups in total. The van der Waals surface area contributed by atoms with Gasteiger partial charge in [-0.15, -0.1) is 0 Å². The molecule has 3 aromatic rings. The van der Waals surface area contributed by atoms with Gasteiger partial charge in [0, 0.05) is 6.42 Å². The first-order valence-electron chi connectivity index (χ1n) is 9.09. The summed E-state index contributed by atoms with van der Waals surface area (Å²) >= 11 is 0. The van der Waals surface area contributed by atoms with E-state index >= 15 is 0 Å². The average Bonchev–Trinajstić information content (AvgIpc) is 3.00. The van der Waals surface area contributed by atoms with E-state index in [9.17, 15) is 4.79 Å². The Morgan fingerprint density at radius 3 is 1.69 bits per heavy atom. The van der Waals surface area contributed by atoms with Crippen LogP contribution in [0.3, 0.4) is 0 Å². The normalized spacial score (nSPS) is 18.5. The predicted molar refractivity (Wildman–Crippen MR) is 103 cm³/mol. The summed E-state index contributed by atoms with van der Waals surface area (Å²) in [5.41, 5.74) is 2.90. The van der Waals surface area contributed by atoms with Gasteiger partial charge >= 0.3 is 5.97 Å². The molecule has 1 heterocycles. The molecule has 1 atom stereocenters. The van der Waals surface area contributed by atoms with Crippen LogP contribution in [0.15, 0.2) is 91.0 Å². The maximum atomic E-state index is 13.1. The fraction of sp³-hybridized carbons (Fsp3) is 0.208. The summed E-state index contributed by atoms with van der Waals surface area (Å²) in [6.45, 7) is 0. The number of rotatable bonds is 5. The van der Waals surface area contributed by atoms with Gasteiger partial charge in [-0.25, -0.2) is 0 Å². The van der Waals surface area contributed by atoms with Crippen molar-refractivity contribution >= 4 is 5.97 Å². The number of carbonyl (C=O) groups is 1. The molecule has 4 rings (SSSR count). The maximum absolute atomic E-state index is 13.1. The monoisotopic (exact) mass is 342 g/mol. The van der Waals surface area contributed by atoms with E-state index in [4.69, 9.17) is 4.74 Å². The van der Waals surface area contributed by atoms with Gasteiger partial charge in [0.25, 0.3) is 0 Å². The number of hydrogen-bond acceptors (Lipinski definition) is 2. The summed E-state index contributed by atoms with van der Waals surface area (Å²) < 4.78 is 5.87. The first-order chi connectivity index (χ1) is 12.8. The van der Waals surface area contributed by atoms with Gasteiger partial charge in [0.15, 0.2) is 0 Å². The standard InChI is InChI=1S/C24H22O2/c25-23-24(16-19-10-4-1-5-11-19,17-20-12-6-2-7-13-20)18-22(26-23)21-14-8-3-9-15-21/h1-15,22H,16-18H2. The van der Waals surface area contributed by atoms with E-state index in [1.165, 1.54) is 11.1 Å². The first kappa shape index (κ1) is 16.6. The summed E-state index contributed by atoms with van der Waals surface area (Å²) in [7, 11) is 0. The zero-order valence-electron chi connectivity index (χ0n) is 14.7. The molecule has 0 aliphatic carbocycles. The smallest absolute Gasteiger partial charge is 0.313 e. The topological polar surface area (TPSA) is 26.3 Å². The van der Waals surface area contributed by atoms with Gasteiger partial charge in [-0.05, 0) is 29.5 Å². The van der Waals surface area contributed by atoms with Crippen molar-refractivity contribution in [3.8, 4) is 0 Å². The van der Waals surface area contributed by atoms with Crippen molar-refractivity contribution in [1.29, 1.82) is 0 Å². The molecule has 26 heavy (non-hydrogen) atoms. The van der Waals surface area contributed by atoms with Crippen LogP contribution in [0.1, 0.15) is 29.2 Å². The highest BCUT2D eigenvalue weighted by Gasteiger charge is 2.49. The minimum Gasteiger partial charge on any atom is -0.457 e. The number of carbonyl (C=O) groups excluding carboxylic acids is 1. The van der Waals surface area contributed by atoms with Crippen molar-refractivity contribution in [1.82, 2.24) is 0 Å². The van der Waals surface area contributed by atoms with Gasteiger partial charge in [-0.2, -0.15) is 0 Å². The average molecular weight is 342 g/mol. The Kier molecular flexibility index (Phi) is 4.57. The molecule has 1 unspecified atom stereocenters. The van der Waals surface area contributed by atoms with Crippen molar-refractivity contribution in [2.45, 2.75) is 25.4 Å². The Bertz CT molecular complexity index is 815. The lowest BCUT2D eigenvalue weighted by Gasteiger charge is -2.25. The van der Waals surface area contributed by atoms with E-state index in [2.05, 4.69) is 24.3 Å². The van der Waals surface area contributed by atoms with E-state index in [1.807, 2.05) is 66.7 Å². The first-order valence-corrected chi connectivity index (χ1v) is 9.09. The van der Waals surface area contributed by atoms with Crippen molar-refractivity contribution in [3.05, 3.63) is 108 Å². The lowest BCUT2D eigenvalue weighted by molar-refractivity contribution is -0.149. The summed E-state index contributed by atoms with van der Waals surface area (Å²) in [4.78, 5) is 13.1. The van der Waals surface area contributed by atoms with Crippen LogP contribution in [0.5, 0.6) is 0 Å². The minimum atomic E-state index is -0.525. The summed E-state index contributed by atoms with van der Waals surface area (Å²) in [5, 5.41) is 0. The third kappa shape index (κ3) is 3.41. The Balaban J connectivity index is 1.67. The third-order valence-corrected chi connectivity index (χ3v) is 5.20. The fourth-order valence-electron chi connectivity index (χ4n) is 3.91. The number of ether oxygens (including phenoxy) is 1. The second-order valence-corrected chi connectivity index (χ2v) is 7.11. The summed E-state index contributed by atoms with van der Waals surface area (Å²) in [5.74, 6) is -0.0842. The number of esters is 1. The molecule has 1 saturated heterocycles. The van der Waals surface area contributed by atoms with Crippen LogP contribution in [-0.4, -0.2) is 5.97 Å². The van der Waals surface area contributed by atoms with Crippen LogP contribution in [0.4, 0.5) is 0 Å².